The molecule has 0 aliphatic heterocycles. The third-order valence-corrected chi connectivity index (χ3v) is 3.06. The highest BCUT2D eigenvalue weighted by Crippen LogP contribution is 2.18. The van der Waals surface area contributed by atoms with Gasteiger partial charge in [-0.3, -0.25) is 0 Å². The Morgan fingerprint density at radius 1 is 1.41 bits per heavy atom. The Kier molecular flexibility index (Phi) is 6.01. The SMILES string of the molecule is CCC(CO)CNCc1ccc(OC)c(C)c1. The fraction of sp³-hybridized carbons (Fsp3) is 0.571. The molecule has 0 saturated heterocycles. The first kappa shape index (κ1) is 14.0. The molecule has 0 aromatic heterocycles. The molecule has 0 fully saturated rings. The number of aryl methyl sites for hydroxylation is 1. The zero-order valence-corrected chi connectivity index (χ0v) is 11.0. The van der Waals surface area contributed by atoms with Gasteiger partial charge in [-0.15, -0.1) is 0 Å². The molecule has 0 heterocycles. The van der Waals surface area contributed by atoms with Crippen LogP contribution in [0, 0.1) is 12.8 Å². The van der Waals surface area contributed by atoms with E-state index in [1.807, 2.05) is 13.0 Å². The van der Waals surface area contributed by atoms with E-state index >= 15 is 0 Å². The van der Waals surface area contributed by atoms with Gasteiger partial charge in [-0.1, -0.05) is 19.1 Å². The smallest absolute Gasteiger partial charge is 0.121 e. The van der Waals surface area contributed by atoms with Crippen LogP contribution in [0.5, 0.6) is 5.75 Å². The number of rotatable bonds is 7. The lowest BCUT2D eigenvalue weighted by Crippen LogP contribution is -2.24. The lowest BCUT2D eigenvalue weighted by Gasteiger charge is -2.13. The molecular weight excluding hydrogens is 214 g/mol. The summed E-state index contributed by atoms with van der Waals surface area (Å²) in [5, 5.41) is 12.4. The molecule has 0 bridgehead atoms. The van der Waals surface area contributed by atoms with Crippen LogP contribution in [0.15, 0.2) is 18.2 Å². The maximum absolute atomic E-state index is 9.08. The third kappa shape index (κ3) is 4.36. The summed E-state index contributed by atoms with van der Waals surface area (Å²) in [4.78, 5) is 0. The van der Waals surface area contributed by atoms with Gasteiger partial charge < -0.3 is 15.2 Å². The average molecular weight is 237 g/mol. The topological polar surface area (TPSA) is 41.5 Å². The zero-order valence-electron chi connectivity index (χ0n) is 11.0. The van der Waals surface area contributed by atoms with E-state index in [1.165, 1.54) is 5.56 Å². The molecule has 1 unspecified atom stereocenters. The number of methoxy groups -OCH3 is 1. The summed E-state index contributed by atoms with van der Waals surface area (Å²) in [6, 6.07) is 6.19. The normalized spacial score (nSPS) is 12.5. The summed E-state index contributed by atoms with van der Waals surface area (Å²) < 4.78 is 5.22. The summed E-state index contributed by atoms with van der Waals surface area (Å²) in [7, 11) is 1.69. The van der Waals surface area contributed by atoms with E-state index in [2.05, 4.69) is 24.4 Å². The quantitative estimate of drug-likeness (QED) is 0.763. The molecule has 2 N–H and O–H groups in total. The van der Waals surface area contributed by atoms with E-state index in [0.717, 1.165) is 30.8 Å². The van der Waals surface area contributed by atoms with E-state index in [9.17, 15) is 0 Å². The number of hydrogen-bond acceptors (Lipinski definition) is 3. The predicted molar refractivity (Wildman–Crippen MR) is 70.3 cm³/mol. The minimum Gasteiger partial charge on any atom is -0.496 e. The molecule has 3 heteroatoms. The van der Waals surface area contributed by atoms with E-state index < -0.39 is 0 Å². The van der Waals surface area contributed by atoms with Crippen molar-refractivity contribution in [2.24, 2.45) is 5.92 Å². The molecule has 0 amide bonds. The fourth-order valence-corrected chi connectivity index (χ4v) is 1.81. The van der Waals surface area contributed by atoms with Crippen LogP contribution in [0.3, 0.4) is 0 Å². The largest absolute Gasteiger partial charge is 0.496 e. The number of benzene rings is 1. The molecule has 0 aliphatic rings. The van der Waals surface area contributed by atoms with Crippen molar-refractivity contribution in [3.8, 4) is 5.75 Å². The fourth-order valence-electron chi connectivity index (χ4n) is 1.81. The highest BCUT2D eigenvalue weighted by atomic mass is 16.5. The monoisotopic (exact) mass is 237 g/mol. The summed E-state index contributed by atoms with van der Waals surface area (Å²) >= 11 is 0. The van der Waals surface area contributed by atoms with Gasteiger partial charge in [-0.2, -0.15) is 0 Å². The first-order valence-corrected chi connectivity index (χ1v) is 6.16. The van der Waals surface area contributed by atoms with Crippen LogP contribution in [0.4, 0.5) is 0 Å². The minimum atomic E-state index is 0.255. The van der Waals surface area contributed by atoms with Crippen molar-refractivity contribution in [3.63, 3.8) is 0 Å². The van der Waals surface area contributed by atoms with Gasteiger partial charge in [0.1, 0.15) is 5.75 Å². The molecule has 1 aromatic carbocycles. The lowest BCUT2D eigenvalue weighted by molar-refractivity contribution is 0.218. The van der Waals surface area contributed by atoms with Crippen LogP contribution in [0.1, 0.15) is 24.5 Å². The van der Waals surface area contributed by atoms with Crippen molar-refractivity contribution in [2.75, 3.05) is 20.3 Å². The second-order valence-electron chi connectivity index (χ2n) is 4.39. The molecule has 96 valence electrons. The van der Waals surface area contributed by atoms with Gasteiger partial charge in [0, 0.05) is 19.7 Å². The Morgan fingerprint density at radius 2 is 2.18 bits per heavy atom. The van der Waals surface area contributed by atoms with Gasteiger partial charge in [0.25, 0.3) is 0 Å². The van der Waals surface area contributed by atoms with E-state index in [0.29, 0.717) is 5.92 Å². The van der Waals surface area contributed by atoms with Crippen LogP contribution in [0.2, 0.25) is 0 Å². The van der Waals surface area contributed by atoms with Gasteiger partial charge >= 0.3 is 0 Å². The predicted octanol–water partition coefficient (Wildman–Crippen LogP) is 2.11. The number of nitrogens with one attached hydrogen (secondary N) is 1. The van der Waals surface area contributed by atoms with Gasteiger partial charge in [-0.25, -0.2) is 0 Å². The van der Waals surface area contributed by atoms with E-state index in [1.54, 1.807) is 7.11 Å². The van der Waals surface area contributed by atoms with Crippen LogP contribution in [-0.2, 0) is 6.54 Å². The molecule has 17 heavy (non-hydrogen) atoms. The van der Waals surface area contributed by atoms with Gasteiger partial charge in [0.15, 0.2) is 0 Å². The number of aliphatic hydroxyl groups is 1. The van der Waals surface area contributed by atoms with Crippen molar-refractivity contribution in [1.82, 2.24) is 5.32 Å². The molecule has 1 aromatic rings. The maximum atomic E-state index is 9.08. The standard InChI is InChI=1S/C14H23NO2/c1-4-12(10-16)8-15-9-13-5-6-14(17-3)11(2)7-13/h5-7,12,15-16H,4,8-10H2,1-3H3. The molecule has 0 saturated carbocycles. The Hall–Kier alpha value is -1.06. The Labute approximate surface area is 104 Å². The van der Waals surface area contributed by atoms with Gasteiger partial charge in [-0.05, 0) is 36.5 Å². The average Bonchev–Trinajstić information content (AvgIpc) is 2.35. The summed E-state index contributed by atoms with van der Waals surface area (Å²) in [5.74, 6) is 1.28. The highest BCUT2D eigenvalue weighted by molar-refractivity contribution is 5.36. The maximum Gasteiger partial charge on any atom is 0.121 e. The first-order chi connectivity index (χ1) is 8.21. The number of hydrogen-bond donors (Lipinski definition) is 2. The molecule has 0 radical (unpaired) electrons. The number of aliphatic hydroxyl groups excluding tert-OH is 1. The molecule has 1 rings (SSSR count). The zero-order chi connectivity index (χ0) is 12.7. The van der Waals surface area contributed by atoms with Gasteiger partial charge in [0.2, 0.25) is 0 Å². The minimum absolute atomic E-state index is 0.255. The molecule has 3 nitrogen and oxygen atoms in total. The van der Waals surface area contributed by atoms with Crippen LogP contribution < -0.4 is 10.1 Å². The Morgan fingerprint density at radius 3 is 2.71 bits per heavy atom. The van der Waals surface area contributed by atoms with Crippen molar-refractivity contribution in [3.05, 3.63) is 29.3 Å². The lowest BCUT2D eigenvalue weighted by atomic mass is 10.1. The molecular formula is C14H23NO2. The van der Waals surface area contributed by atoms with Crippen molar-refractivity contribution in [2.45, 2.75) is 26.8 Å². The molecule has 0 aliphatic carbocycles. The third-order valence-electron chi connectivity index (χ3n) is 3.06. The van der Waals surface area contributed by atoms with Crippen molar-refractivity contribution >= 4 is 0 Å². The first-order valence-electron chi connectivity index (χ1n) is 6.16. The summed E-state index contributed by atoms with van der Waals surface area (Å²) in [5.41, 5.74) is 2.40. The van der Waals surface area contributed by atoms with E-state index in [4.69, 9.17) is 9.84 Å². The second-order valence-corrected chi connectivity index (χ2v) is 4.39. The van der Waals surface area contributed by atoms with Crippen LogP contribution in [0.25, 0.3) is 0 Å². The van der Waals surface area contributed by atoms with Crippen molar-refractivity contribution < 1.29 is 9.84 Å². The van der Waals surface area contributed by atoms with Crippen molar-refractivity contribution in [1.29, 1.82) is 0 Å². The van der Waals surface area contributed by atoms with E-state index in [-0.39, 0.29) is 6.61 Å². The summed E-state index contributed by atoms with van der Waals surface area (Å²) in [6.07, 6.45) is 1.01. The van der Waals surface area contributed by atoms with Crippen LogP contribution in [-0.4, -0.2) is 25.4 Å². The molecule has 1 atom stereocenters. The second kappa shape index (κ2) is 7.30. The number of ether oxygens (including phenoxy) is 1. The summed E-state index contributed by atoms with van der Waals surface area (Å²) in [6.45, 7) is 6.09. The highest BCUT2D eigenvalue weighted by Gasteiger charge is 2.04. The molecule has 0 spiro atoms. The Balaban J connectivity index is 2.44. The van der Waals surface area contributed by atoms with Crippen LogP contribution >= 0.6 is 0 Å². The Bertz CT molecular complexity index is 335. The van der Waals surface area contributed by atoms with Gasteiger partial charge in [0.05, 0.1) is 7.11 Å².